The van der Waals surface area contributed by atoms with E-state index in [9.17, 15) is 30.0 Å². The van der Waals surface area contributed by atoms with Gasteiger partial charge in [0, 0.05) is 42.0 Å². The summed E-state index contributed by atoms with van der Waals surface area (Å²) in [7, 11) is 0. The maximum atomic E-state index is 14.4. The molecule has 4 fully saturated rings. The topological polar surface area (TPSA) is 164 Å². The first kappa shape index (κ1) is 46.3. The summed E-state index contributed by atoms with van der Waals surface area (Å²) in [4.78, 5) is 26.2. The SMILES string of the molecule is CC[C@H](C(=O)[O-])[C@H]1CC[C@H](C)[C@H]([C@@H](C)[C@H](O)[C@H](C)C(=O)[C@H](CC)[C@H]2O[C@]3(C=C[C@@H](O)[C@]4(CC[C@@](C)([C@H]5CC[C@](O)(CC)C(C)O5)O4)O3)[C@H](C)C[C@@H]2C)O1.[Na+]. The summed E-state index contributed by atoms with van der Waals surface area (Å²) in [5.41, 5.74) is -1.64. The van der Waals surface area contributed by atoms with Crippen molar-refractivity contribution in [2.75, 3.05) is 0 Å². The Balaban J connectivity index is 0.00000650. The summed E-state index contributed by atoms with van der Waals surface area (Å²) >= 11 is 0. The molecule has 5 aliphatic rings. The van der Waals surface area contributed by atoms with Crippen molar-refractivity contribution in [2.24, 2.45) is 41.4 Å². The molecule has 0 aromatic carbocycles. The van der Waals surface area contributed by atoms with Crippen LogP contribution in [0.15, 0.2) is 12.2 Å². The first-order chi connectivity index (χ1) is 24.8. The molecular formula is C42H69NaO11. The number of carbonyl (C=O) groups is 2. The van der Waals surface area contributed by atoms with E-state index >= 15 is 0 Å². The molecule has 5 heterocycles. The zero-order chi connectivity index (χ0) is 39.3. The van der Waals surface area contributed by atoms with Gasteiger partial charge in [-0.05, 0) is 95.6 Å². The maximum Gasteiger partial charge on any atom is 1.00 e. The number of ketones is 1. The molecule has 0 radical (unpaired) electrons. The van der Waals surface area contributed by atoms with Crippen molar-refractivity contribution in [3.05, 3.63) is 12.2 Å². The summed E-state index contributed by atoms with van der Waals surface area (Å²) in [5, 5.41) is 46.0. The van der Waals surface area contributed by atoms with E-state index < -0.39 is 82.9 Å². The van der Waals surface area contributed by atoms with Gasteiger partial charge in [-0.15, -0.1) is 0 Å². The Bertz CT molecular complexity index is 1330. The zero-order valence-electron chi connectivity index (χ0n) is 34.9. The van der Waals surface area contributed by atoms with Gasteiger partial charge < -0.3 is 48.9 Å². The van der Waals surface area contributed by atoms with Gasteiger partial charge in [-0.2, -0.15) is 0 Å². The standard InChI is InChI=1S/C42H70O11.Na/c1-11-29(38(46)47)31-15-14-23(4)36(50-31)27(8)34(44)26(7)35(45)30(12-2)37-24(5)22-25(6)41(51-37)19-16-32(43)42(53-41)21-20-39(10,52-42)33-17-18-40(48,13-3)28(9)49-33;/h16,19,23-34,36-37,43-44,48H,11-15,17-18,20-22H2,1-10H3,(H,46,47);/q;+1/p-1/t23-,24-,25+,26-,27-,28?,29-,30-,31+,32+,33+,34+,36+,37-,39-,40+,41-,42-;/m0./s1. The van der Waals surface area contributed by atoms with Gasteiger partial charge in [-0.3, -0.25) is 4.79 Å². The van der Waals surface area contributed by atoms with Crippen LogP contribution in [0.5, 0.6) is 0 Å². The van der Waals surface area contributed by atoms with Crippen molar-refractivity contribution in [3.63, 3.8) is 0 Å². The van der Waals surface area contributed by atoms with Crippen LogP contribution >= 0.6 is 0 Å². The van der Waals surface area contributed by atoms with Crippen LogP contribution in [-0.2, 0) is 33.3 Å². The van der Waals surface area contributed by atoms with Crippen molar-refractivity contribution >= 4 is 11.8 Å². The number of ether oxygens (including phenoxy) is 5. The van der Waals surface area contributed by atoms with Gasteiger partial charge in [0.1, 0.15) is 11.9 Å². The van der Waals surface area contributed by atoms with Crippen LogP contribution < -0.4 is 34.7 Å². The molecule has 304 valence electrons. The summed E-state index contributed by atoms with van der Waals surface area (Å²) in [6.45, 7) is 19.5. The molecule has 5 aliphatic heterocycles. The second-order valence-corrected chi connectivity index (χ2v) is 17.9. The number of aliphatic carboxylic acids is 1. The quantitative estimate of drug-likeness (QED) is 0.196. The molecule has 0 aromatic heterocycles. The Labute approximate surface area is 345 Å². The second kappa shape index (κ2) is 17.8. The van der Waals surface area contributed by atoms with Gasteiger partial charge >= 0.3 is 29.6 Å². The van der Waals surface area contributed by atoms with E-state index in [1.807, 2.05) is 41.5 Å². The fourth-order valence-corrected chi connectivity index (χ4v) is 10.5. The Kier molecular flexibility index (Phi) is 15.3. The molecule has 4 saturated heterocycles. The number of carboxylic acids is 1. The Hall–Kier alpha value is -0.440. The number of aliphatic hydroxyl groups excluding tert-OH is 2. The molecule has 3 N–H and O–H groups in total. The predicted octanol–water partition coefficient (Wildman–Crippen LogP) is 1.86. The third-order valence-electron chi connectivity index (χ3n) is 14.4. The van der Waals surface area contributed by atoms with E-state index in [0.29, 0.717) is 57.8 Å². The summed E-state index contributed by atoms with van der Waals surface area (Å²) < 4.78 is 33.4. The van der Waals surface area contributed by atoms with E-state index in [1.54, 1.807) is 19.1 Å². The van der Waals surface area contributed by atoms with E-state index in [4.69, 9.17) is 23.7 Å². The maximum absolute atomic E-state index is 14.4. The Morgan fingerprint density at radius 3 is 2.17 bits per heavy atom. The van der Waals surface area contributed by atoms with Crippen LogP contribution in [0.4, 0.5) is 0 Å². The van der Waals surface area contributed by atoms with Crippen LogP contribution in [0, 0.1) is 41.4 Å². The average molecular weight is 773 g/mol. The van der Waals surface area contributed by atoms with Crippen LogP contribution in [0.25, 0.3) is 0 Å². The first-order valence-corrected chi connectivity index (χ1v) is 20.7. The Morgan fingerprint density at radius 2 is 1.57 bits per heavy atom. The molecule has 1 unspecified atom stereocenters. The van der Waals surface area contributed by atoms with Crippen molar-refractivity contribution in [1.82, 2.24) is 0 Å². The molecule has 0 amide bonds. The van der Waals surface area contributed by atoms with Gasteiger partial charge in [0.05, 0.1) is 47.8 Å². The van der Waals surface area contributed by atoms with Gasteiger partial charge in [-0.25, -0.2) is 0 Å². The number of carbonyl (C=O) groups excluding carboxylic acids is 2. The van der Waals surface area contributed by atoms with Crippen molar-refractivity contribution in [2.45, 2.75) is 199 Å². The van der Waals surface area contributed by atoms with Crippen LogP contribution in [0.3, 0.4) is 0 Å². The fraction of sp³-hybridized carbons (Fsp3) is 0.905. The van der Waals surface area contributed by atoms with Crippen LogP contribution in [0.1, 0.15) is 133 Å². The molecule has 0 bridgehead atoms. The molecule has 54 heavy (non-hydrogen) atoms. The zero-order valence-corrected chi connectivity index (χ0v) is 36.9. The van der Waals surface area contributed by atoms with E-state index in [1.165, 1.54) is 0 Å². The predicted molar refractivity (Wildman–Crippen MR) is 196 cm³/mol. The number of Topliss-reactive ketones (excluding diaryl/α,β-unsaturated/α-hetero) is 1. The smallest absolute Gasteiger partial charge is 0.550 e. The average Bonchev–Trinajstić information content (AvgIpc) is 3.47. The number of rotatable bonds is 12. The molecular weight excluding hydrogens is 703 g/mol. The third-order valence-corrected chi connectivity index (χ3v) is 14.4. The Morgan fingerprint density at radius 1 is 0.907 bits per heavy atom. The molecule has 2 spiro atoms. The monoisotopic (exact) mass is 772 g/mol. The summed E-state index contributed by atoms with van der Waals surface area (Å²) in [6.07, 6.45) is 5.22. The van der Waals surface area contributed by atoms with Crippen molar-refractivity contribution in [1.29, 1.82) is 0 Å². The van der Waals surface area contributed by atoms with E-state index in [-0.39, 0.29) is 65.3 Å². The molecule has 18 atom stereocenters. The molecule has 0 saturated carbocycles. The summed E-state index contributed by atoms with van der Waals surface area (Å²) in [6, 6.07) is 0. The van der Waals surface area contributed by atoms with Crippen molar-refractivity contribution < 1.29 is 83.3 Å². The molecule has 5 rings (SSSR count). The minimum Gasteiger partial charge on any atom is -0.550 e. The first-order valence-electron chi connectivity index (χ1n) is 20.7. The number of hydrogen-bond acceptors (Lipinski definition) is 11. The normalized spacial score (nSPS) is 45.3. The van der Waals surface area contributed by atoms with E-state index in [2.05, 4.69) is 20.8 Å². The molecule has 0 aromatic rings. The third kappa shape index (κ3) is 8.63. The van der Waals surface area contributed by atoms with Gasteiger partial charge in [0.15, 0.2) is 5.79 Å². The van der Waals surface area contributed by atoms with Gasteiger partial charge in [0.2, 0.25) is 5.79 Å². The van der Waals surface area contributed by atoms with Gasteiger partial charge in [0.25, 0.3) is 0 Å². The molecule has 11 nitrogen and oxygen atoms in total. The largest absolute Gasteiger partial charge is 1.00 e. The van der Waals surface area contributed by atoms with Gasteiger partial charge in [-0.1, -0.05) is 55.4 Å². The molecule has 12 heteroatoms. The number of aliphatic hydroxyl groups is 3. The summed E-state index contributed by atoms with van der Waals surface area (Å²) in [5.74, 6) is -6.24. The van der Waals surface area contributed by atoms with Crippen LogP contribution in [-0.4, -0.2) is 92.6 Å². The minimum absolute atomic E-state index is 0. The number of carboxylic acid groups (broad SMARTS) is 1. The fourth-order valence-electron chi connectivity index (χ4n) is 10.5. The molecule has 0 aliphatic carbocycles. The number of hydrogen-bond donors (Lipinski definition) is 3. The van der Waals surface area contributed by atoms with Crippen molar-refractivity contribution in [3.8, 4) is 0 Å². The second-order valence-electron chi connectivity index (χ2n) is 17.9. The van der Waals surface area contributed by atoms with E-state index in [0.717, 1.165) is 6.42 Å². The minimum atomic E-state index is -1.37. The van der Waals surface area contributed by atoms with Crippen LogP contribution in [0.2, 0.25) is 0 Å².